The van der Waals surface area contributed by atoms with Crippen LogP contribution >= 0.6 is 11.6 Å². The van der Waals surface area contributed by atoms with Gasteiger partial charge in [0.25, 0.3) is 5.91 Å². The molecule has 1 saturated heterocycles. The highest BCUT2D eigenvalue weighted by atomic mass is 35.5. The first-order valence-electron chi connectivity index (χ1n) is 8.63. The second kappa shape index (κ2) is 8.23. The summed E-state index contributed by atoms with van der Waals surface area (Å²) in [5, 5.41) is 13.2. The van der Waals surface area contributed by atoms with Crippen molar-refractivity contribution < 1.29 is 14.7 Å². The minimum Gasteiger partial charge on any atom is -0.508 e. The lowest BCUT2D eigenvalue weighted by Gasteiger charge is -2.32. The molecular weight excluding hydrogens is 352 g/mol. The molecule has 136 valence electrons. The van der Waals surface area contributed by atoms with E-state index in [4.69, 9.17) is 11.6 Å². The number of piperidine rings is 1. The van der Waals surface area contributed by atoms with Gasteiger partial charge < -0.3 is 15.3 Å². The normalized spacial score (nSPS) is 14.9. The van der Waals surface area contributed by atoms with Gasteiger partial charge >= 0.3 is 0 Å². The highest BCUT2D eigenvalue weighted by Gasteiger charge is 2.24. The van der Waals surface area contributed by atoms with Gasteiger partial charge in [0.1, 0.15) is 5.75 Å². The Morgan fingerprint density at radius 3 is 2.46 bits per heavy atom. The monoisotopic (exact) mass is 372 g/mol. The van der Waals surface area contributed by atoms with E-state index in [2.05, 4.69) is 5.32 Å². The van der Waals surface area contributed by atoms with Gasteiger partial charge in [0.2, 0.25) is 5.91 Å². The highest BCUT2D eigenvalue weighted by molar-refractivity contribution is 6.30. The quantitative estimate of drug-likeness (QED) is 0.866. The van der Waals surface area contributed by atoms with Gasteiger partial charge in [0.15, 0.2) is 0 Å². The van der Waals surface area contributed by atoms with Crippen molar-refractivity contribution >= 4 is 23.4 Å². The predicted octanol–water partition coefficient (Wildman–Crippen LogP) is 3.01. The molecule has 0 radical (unpaired) electrons. The molecule has 5 nitrogen and oxygen atoms in total. The molecule has 0 unspecified atom stereocenters. The molecule has 1 heterocycles. The van der Waals surface area contributed by atoms with Crippen LogP contribution in [0.4, 0.5) is 0 Å². The third-order valence-corrected chi connectivity index (χ3v) is 4.77. The van der Waals surface area contributed by atoms with Crippen molar-refractivity contribution in [2.75, 3.05) is 13.1 Å². The van der Waals surface area contributed by atoms with E-state index in [1.54, 1.807) is 35.2 Å². The number of phenolic OH excluding ortho intramolecular Hbond substituents is 1. The lowest BCUT2D eigenvalue weighted by Crippen LogP contribution is -2.46. The van der Waals surface area contributed by atoms with Crippen molar-refractivity contribution in [2.24, 2.45) is 0 Å². The minimum atomic E-state index is -0.0909. The number of benzene rings is 2. The van der Waals surface area contributed by atoms with E-state index in [0.29, 0.717) is 30.1 Å². The van der Waals surface area contributed by atoms with Gasteiger partial charge in [-0.3, -0.25) is 9.59 Å². The van der Waals surface area contributed by atoms with Crippen LogP contribution in [0.5, 0.6) is 5.75 Å². The van der Waals surface area contributed by atoms with Crippen LogP contribution in [0, 0.1) is 0 Å². The summed E-state index contributed by atoms with van der Waals surface area (Å²) in [7, 11) is 0. The van der Waals surface area contributed by atoms with E-state index in [0.717, 1.165) is 18.4 Å². The maximum atomic E-state index is 12.5. The fraction of sp³-hybridized carbons (Fsp3) is 0.300. The van der Waals surface area contributed by atoms with E-state index < -0.39 is 0 Å². The fourth-order valence-corrected chi connectivity index (χ4v) is 3.24. The number of carbonyl (C=O) groups is 2. The van der Waals surface area contributed by atoms with Crippen LogP contribution in [0.2, 0.25) is 5.02 Å². The fourth-order valence-electron chi connectivity index (χ4n) is 3.11. The molecule has 6 heteroatoms. The Morgan fingerprint density at radius 1 is 1.12 bits per heavy atom. The molecule has 1 aliphatic heterocycles. The van der Waals surface area contributed by atoms with Crippen LogP contribution in [-0.2, 0) is 11.2 Å². The maximum absolute atomic E-state index is 12.5. The Balaban J connectivity index is 1.48. The number of aromatic hydroxyl groups is 1. The lowest BCUT2D eigenvalue weighted by atomic mass is 10.0. The average Bonchev–Trinajstić information content (AvgIpc) is 2.64. The molecule has 0 aromatic heterocycles. The second-order valence-electron chi connectivity index (χ2n) is 6.49. The Bertz CT molecular complexity index is 784. The Labute approximate surface area is 157 Å². The van der Waals surface area contributed by atoms with Crippen LogP contribution in [-0.4, -0.2) is 41.0 Å². The van der Waals surface area contributed by atoms with Crippen LogP contribution in [0.15, 0.2) is 48.5 Å². The van der Waals surface area contributed by atoms with Gasteiger partial charge in [-0.05, 0) is 48.7 Å². The zero-order chi connectivity index (χ0) is 18.5. The zero-order valence-corrected chi connectivity index (χ0v) is 15.1. The molecule has 26 heavy (non-hydrogen) atoms. The van der Waals surface area contributed by atoms with Gasteiger partial charge in [-0.25, -0.2) is 0 Å². The number of hydrogen-bond acceptors (Lipinski definition) is 3. The first kappa shape index (κ1) is 18.3. The minimum absolute atomic E-state index is 0.0231. The second-order valence-corrected chi connectivity index (χ2v) is 6.92. The largest absolute Gasteiger partial charge is 0.508 e. The van der Waals surface area contributed by atoms with Crippen molar-refractivity contribution in [1.82, 2.24) is 10.2 Å². The van der Waals surface area contributed by atoms with E-state index in [1.807, 2.05) is 12.1 Å². The number of nitrogens with zero attached hydrogens (tertiary/aromatic N) is 1. The van der Waals surface area contributed by atoms with Crippen molar-refractivity contribution in [3.8, 4) is 5.75 Å². The number of halogens is 1. The number of nitrogens with one attached hydrogen (secondary N) is 1. The molecule has 1 aliphatic rings. The van der Waals surface area contributed by atoms with Gasteiger partial charge in [0.05, 0.1) is 6.42 Å². The average molecular weight is 373 g/mol. The van der Waals surface area contributed by atoms with E-state index in [9.17, 15) is 14.7 Å². The van der Waals surface area contributed by atoms with Crippen molar-refractivity contribution in [2.45, 2.75) is 25.3 Å². The summed E-state index contributed by atoms with van der Waals surface area (Å²) in [4.78, 5) is 26.4. The molecule has 0 saturated carbocycles. The molecule has 2 amide bonds. The van der Waals surface area contributed by atoms with Crippen molar-refractivity contribution in [3.63, 3.8) is 0 Å². The SMILES string of the molecule is O=C(Cc1ccc(Cl)cc1)NC1CCN(C(=O)c2cccc(O)c2)CC1. The zero-order valence-electron chi connectivity index (χ0n) is 14.3. The predicted molar refractivity (Wildman–Crippen MR) is 100 cm³/mol. The number of carbonyl (C=O) groups excluding carboxylic acids is 2. The summed E-state index contributed by atoms with van der Waals surface area (Å²) < 4.78 is 0. The van der Waals surface area contributed by atoms with Crippen LogP contribution in [0.3, 0.4) is 0 Å². The molecule has 0 spiro atoms. The van der Waals surface area contributed by atoms with Crippen molar-refractivity contribution in [3.05, 3.63) is 64.7 Å². The highest BCUT2D eigenvalue weighted by Crippen LogP contribution is 2.17. The first-order valence-corrected chi connectivity index (χ1v) is 9.01. The molecule has 0 atom stereocenters. The van der Waals surface area contributed by atoms with Crippen molar-refractivity contribution in [1.29, 1.82) is 0 Å². The number of phenols is 1. The molecule has 2 aromatic rings. The van der Waals surface area contributed by atoms with Crippen LogP contribution in [0.25, 0.3) is 0 Å². The molecular formula is C20H21ClN2O3. The summed E-state index contributed by atoms with van der Waals surface area (Å²) in [6.07, 6.45) is 1.76. The summed E-state index contributed by atoms with van der Waals surface area (Å²) in [5.74, 6) is -0.0304. The van der Waals surface area contributed by atoms with Gasteiger partial charge in [-0.1, -0.05) is 29.8 Å². The van der Waals surface area contributed by atoms with Gasteiger partial charge in [-0.15, -0.1) is 0 Å². The summed E-state index contributed by atoms with van der Waals surface area (Å²) in [5.41, 5.74) is 1.40. The maximum Gasteiger partial charge on any atom is 0.253 e. The summed E-state index contributed by atoms with van der Waals surface area (Å²) in [6.45, 7) is 1.17. The van der Waals surface area contributed by atoms with Gasteiger partial charge in [0, 0.05) is 29.7 Å². The third-order valence-electron chi connectivity index (χ3n) is 4.52. The first-order chi connectivity index (χ1) is 12.5. The van der Waals surface area contributed by atoms with E-state index >= 15 is 0 Å². The standard InChI is InChI=1S/C20H21ClN2O3/c21-16-6-4-14(5-7-16)12-19(25)22-17-8-10-23(11-9-17)20(26)15-2-1-3-18(24)13-15/h1-7,13,17,24H,8-12H2,(H,22,25). The van der Waals surface area contributed by atoms with Crippen LogP contribution < -0.4 is 5.32 Å². The topological polar surface area (TPSA) is 69.6 Å². The van der Waals surface area contributed by atoms with Crippen LogP contribution in [0.1, 0.15) is 28.8 Å². The number of rotatable bonds is 4. The summed E-state index contributed by atoms with van der Waals surface area (Å²) >= 11 is 5.85. The Kier molecular flexibility index (Phi) is 5.78. The number of hydrogen-bond donors (Lipinski definition) is 2. The third kappa shape index (κ3) is 4.76. The number of amides is 2. The molecule has 0 aliphatic carbocycles. The molecule has 3 rings (SSSR count). The Morgan fingerprint density at radius 2 is 1.81 bits per heavy atom. The molecule has 1 fully saturated rings. The smallest absolute Gasteiger partial charge is 0.253 e. The number of likely N-dealkylation sites (tertiary alicyclic amines) is 1. The molecule has 2 N–H and O–H groups in total. The Hall–Kier alpha value is -2.53. The van der Waals surface area contributed by atoms with Gasteiger partial charge in [-0.2, -0.15) is 0 Å². The van der Waals surface area contributed by atoms with E-state index in [-0.39, 0.29) is 23.6 Å². The lowest BCUT2D eigenvalue weighted by molar-refractivity contribution is -0.121. The van der Waals surface area contributed by atoms with E-state index in [1.165, 1.54) is 6.07 Å². The summed E-state index contributed by atoms with van der Waals surface area (Å²) in [6, 6.07) is 13.7. The molecule has 0 bridgehead atoms. The molecule has 2 aromatic carbocycles.